The Balaban J connectivity index is 0.00000192. The first-order valence-electron chi connectivity index (χ1n) is 7.00. The van der Waals surface area contributed by atoms with E-state index in [2.05, 4.69) is 5.32 Å². The molecule has 0 aliphatic carbocycles. The van der Waals surface area contributed by atoms with Crippen LogP contribution in [0.3, 0.4) is 0 Å². The summed E-state index contributed by atoms with van der Waals surface area (Å²) in [5.41, 5.74) is 2.18. The molecular formula is C17H15ClF3NO. The maximum Gasteiger partial charge on any atom is 0.416 e. The number of alkyl halides is 3. The lowest BCUT2D eigenvalue weighted by Gasteiger charge is -2.19. The molecule has 0 saturated heterocycles. The highest BCUT2D eigenvalue weighted by Gasteiger charge is 2.30. The standard InChI is InChI=1S/C17H14F3NO.ClH/c18-17(19,20)13-6-4-11(5-7-13)16(22)15-3-1-2-12-10-21-9-8-14(12)15;/h1-7,21H,8-10H2;1H. The monoisotopic (exact) mass is 341 g/mol. The van der Waals surface area contributed by atoms with Gasteiger partial charge in [-0.05, 0) is 36.2 Å². The molecule has 0 atom stereocenters. The predicted octanol–water partition coefficient (Wildman–Crippen LogP) is 4.00. The van der Waals surface area contributed by atoms with E-state index in [1.165, 1.54) is 12.1 Å². The summed E-state index contributed by atoms with van der Waals surface area (Å²) in [6.07, 6.45) is -3.64. The molecule has 2 aromatic carbocycles. The maximum atomic E-state index is 12.6. The van der Waals surface area contributed by atoms with Crippen molar-refractivity contribution in [3.8, 4) is 0 Å². The minimum atomic E-state index is -4.39. The summed E-state index contributed by atoms with van der Waals surface area (Å²) < 4.78 is 37.7. The second-order valence-electron chi connectivity index (χ2n) is 5.27. The average molecular weight is 342 g/mol. The van der Waals surface area contributed by atoms with Gasteiger partial charge in [0.1, 0.15) is 0 Å². The molecule has 122 valence electrons. The van der Waals surface area contributed by atoms with Crippen molar-refractivity contribution < 1.29 is 18.0 Å². The molecular weight excluding hydrogens is 327 g/mol. The Bertz CT molecular complexity index is 711. The van der Waals surface area contributed by atoms with E-state index >= 15 is 0 Å². The Hall–Kier alpha value is -1.85. The SMILES string of the molecule is Cl.O=C(c1ccc(C(F)(F)F)cc1)c1cccc2c1CCNC2. The number of nitrogens with one attached hydrogen (secondary N) is 1. The van der Waals surface area contributed by atoms with Gasteiger partial charge in [-0.15, -0.1) is 12.4 Å². The van der Waals surface area contributed by atoms with Crippen LogP contribution in [0.5, 0.6) is 0 Å². The summed E-state index contributed by atoms with van der Waals surface area (Å²) in [5, 5.41) is 3.23. The molecule has 2 nitrogen and oxygen atoms in total. The Kier molecular flexibility index (Phi) is 5.12. The summed E-state index contributed by atoms with van der Waals surface area (Å²) in [6.45, 7) is 1.51. The van der Waals surface area contributed by atoms with Gasteiger partial charge >= 0.3 is 6.18 Å². The molecule has 23 heavy (non-hydrogen) atoms. The van der Waals surface area contributed by atoms with Gasteiger partial charge in [0.25, 0.3) is 0 Å². The van der Waals surface area contributed by atoms with E-state index in [9.17, 15) is 18.0 Å². The first-order valence-corrected chi connectivity index (χ1v) is 7.00. The van der Waals surface area contributed by atoms with Gasteiger partial charge in [0.05, 0.1) is 5.56 Å². The number of benzene rings is 2. The van der Waals surface area contributed by atoms with E-state index in [1.54, 1.807) is 6.07 Å². The molecule has 1 heterocycles. The number of rotatable bonds is 2. The van der Waals surface area contributed by atoms with E-state index in [0.29, 0.717) is 12.1 Å². The van der Waals surface area contributed by atoms with Gasteiger partial charge in [0.2, 0.25) is 0 Å². The van der Waals surface area contributed by atoms with E-state index in [1.807, 2.05) is 12.1 Å². The Morgan fingerprint density at radius 1 is 1.04 bits per heavy atom. The third-order valence-corrected chi connectivity index (χ3v) is 3.86. The summed E-state index contributed by atoms with van der Waals surface area (Å²) in [4.78, 5) is 12.6. The van der Waals surface area contributed by atoms with Gasteiger partial charge in [0, 0.05) is 17.7 Å². The predicted molar refractivity (Wildman–Crippen MR) is 84.0 cm³/mol. The summed E-state index contributed by atoms with van der Waals surface area (Å²) in [7, 11) is 0. The lowest BCUT2D eigenvalue weighted by molar-refractivity contribution is -0.137. The topological polar surface area (TPSA) is 29.1 Å². The van der Waals surface area contributed by atoms with Gasteiger partial charge in [-0.2, -0.15) is 13.2 Å². The lowest BCUT2D eigenvalue weighted by Crippen LogP contribution is -2.25. The van der Waals surface area contributed by atoms with Crippen LogP contribution >= 0.6 is 12.4 Å². The normalized spacial score (nSPS) is 13.9. The third-order valence-electron chi connectivity index (χ3n) is 3.86. The fourth-order valence-electron chi connectivity index (χ4n) is 2.71. The van der Waals surface area contributed by atoms with Gasteiger partial charge in [-0.1, -0.05) is 30.3 Å². The zero-order valence-corrected chi connectivity index (χ0v) is 12.9. The number of ketones is 1. The Labute approximate surface area is 138 Å². The van der Waals surface area contributed by atoms with Crippen molar-refractivity contribution >= 4 is 18.2 Å². The molecule has 0 bridgehead atoms. The quantitative estimate of drug-likeness (QED) is 0.836. The van der Waals surface area contributed by atoms with Crippen molar-refractivity contribution in [1.82, 2.24) is 5.32 Å². The number of hydrogen-bond donors (Lipinski definition) is 1. The molecule has 0 unspecified atom stereocenters. The zero-order chi connectivity index (χ0) is 15.7. The molecule has 1 aliphatic heterocycles. The van der Waals surface area contributed by atoms with Crippen LogP contribution in [0.1, 0.15) is 32.6 Å². The van der Waals surface area contributed by atoms with Gasteiger partial charge in [0.15, 0.2) is 5.78 Å². The van der Waals surface area contributed by atoms with Crippen LogP contribution in [-0.4, -0.2) is 12.3 Å². The number of halogens is 4. The Morgan fingerprint density at radius 2 is 1.74 bits per heavy atom. The Morgan fingerprint density at radius 3 is 2.39 bits per heavy atom. The first-order chi connectivity index (χ1) is 10.5. The molecule has 2 aromatic rings. The van der Waals surface area contributed by atoms with Crippen molar-refractivity contribution in [3.05, 3.63) is 70.3 Å². The summed E-state index contributed by atoms with van der Waals surface area (Å²) in [6, 6.07) is 9.89. The molecule has 6 heteroatoms. The van der Waals surface area contributed by atoms with Crippen LogP contribution < -0.4 is 5.32 Å². The molecule has 1 aliphatic rings. The van der Waals surface area contributed by atoms with Crippen LogP contribution in [-0.2, 0) is 19.1 Å². The van der Waals surface area contributed by atoms with Crippen LogP contribution in [0, 0.1) is 0 Å². The largest absolute Gasteiger partial charge is 0.416 e. The van der Waals surface area contributed by atoms with Crippen LogP contribution in [0.15, 0.2) is 42.5 Å². The van der Waals surface area contributed by atoms with E-state index < -0.39 is 11.7 Å². The van der Waals surface area contributed by atoms with Crippen molar-refractivity contribution in [2.24, 2.45) is 0 Å². The highest BCUT2D eigenvalue weighted by Crippen LogP contribution is 2.29. The van der Waals surface area contributed by atoms with Gasteiger partial charge in [-0.25, -0.2) is 0 Å². The molecule has 0 saturated carbocycles. The van der Waals surface area contributed by atoms with Gasteiger partial charge in [-0.3, -0.25) is 4.79 Å². The number of carbonyl (C=O) groups is 1. The van der Waals surface area contributed by atoms with E-state index in [-0.39, 0.29) is 23.8 Å². The van der Waals surface area contributed by atoms with Crippen molar-refractivity contribution in [1.29, 1.82) is 0 Å². The van der Waals surface area contributed by atoms with E-state index in [4.69, 9.17) is 0 Å². The van der Waals surface area contributed by atoms with Crippen LogP contribution in [0.4, 0.5) is 13.2 Å². The minimum absolute atomic E-state index is 0. The van der Waals surface area contributed by atoms with Crippen molar-refractivity contribution in [3.63, 3.8) is 0 Å². The average Bonchev–Trinajstić information content (AvgIpc) is 2.53. The number of carbonyl (C=O) groups excluding carboxylic acids is 1. The van der Waals surface area contributed by atoms with Crippen molar-refractivity contribution in [2.75, 3.05) is 6.54 Å². The molecule has 0 spiro atoms. The molecule has 0 radical (unpaired) electrons. The van der Waals surface area contributed by atoms with E-state index in [0.717, 1.165) is 36.2 Å². The lowest BCUT2D eigenvalue weighted by atomic mass is 9.91. The number of fused-ring (bicyclic) bond motifs is 1. The highest BCUT2D eigenvalue weighted by atomic mass is 35.5. The number of hydrogen-bond acceptors (Lipinski definition) is 2. The maximum absolute atomic E-state index is 12.6. The first kappa shape index (κ1) is 17.5. The smallest absolute Gasteiger partial charge is 0.312 e. The van der Waals surface area contributed by atoms with Crippen LogP contribution in [0.25, 0.3) is 0 Å². The molecule has 0 aromatic heterocycles. The molecule has 3 rings (SSSR count). The zero-order valence-electron chi connectivity index (χ0n) is 12.1. The minimum Gasteiger partial charge on any atom is -0.312 e. The molecule has 1 N–H and O–H groups in total. The van der Waals surface area contributed by atoms with Crippen LogP contribution in [0.2, 0.25) is 0 Å². The summed E-state index contributed by atoms with van der Waals surface area (Å²) >= 11 is 0. The third kappa shape index (κ3) is 3.57. The highest BCUT2D eigenvalue weighted by molar-refractivity contribution is 6.10. The fraction of sp³-hybridized carbons (Fsp3) is 0.235. The molecule has 0 amide bonds. The fourth-order valence-corrected chi connectivity index (χ4v) is 2.71. The second-order valence-corrected chi connectivity index (χ2v) is 5.27. The summed E-state index contributed by atoms with van der Waals surface area (Å²) in [5.74, 6) is -0.229. The van der Waals surface area contributed by atoms with Gasteiger partial charge < -0.3 is 5.32 Å². The second kappa shape index (κ2) is 6.72. The van der Waals surface area contributed by atoms with Crippen molar-refractivity contribution in [2.45, 2.75) is 19.1 Å². The molecule has 0 fully saturated rings.